The van der Waals surface area contributed by atoms with Crippen LogP contribution in [0.3, 0.4) is 0 Å². The van der Waals surface area contributed by atoms with Crippen LogP contribution in [0.5, 0.6) is 5.75 Å². The average Bonchev–Trinajstić information content (AvgIpc) is 3.26. The molecule has 2 aromatic rings. The Morgan fingerprint density at radius 1 is 1.26 bits per heavy atom. The van der Waals surface area contributed by atoms with Crippen molar-refractivity contribution in [2.24, 2.45) is 7.05 Å². The van der Waals surface area contributed by atoms with Crippen molar-refractivity contribution < 1.29 is 22.9 Å². The number of nitrogens with zero attached hydrogens (tertiary/aromatic N) is 3. The number of non-ortho nitro benzene ring substituents is 1. The third-order valence-electron chi connectivity index (χ3n) is 4.22. The highest BCUT2D eigenvalue weighted by Crippen LogP contribution is 2.30. The number of rotatable bonds is 5. The SMILES string of the molecule is Cn1cc(S(=O)(=O)N2CCCC2)cc1C(=O)Oc1ccc([N+](=O)[O-])cc1Cl. The molecule has 27 heavy (non-hydrogen) atoms. The van der Waals surface area contributed by atoms with Gasteiger partial charge in [0.25, 0.3) is 5.69 Å². The maximum atomic E-state index is 12.6. The zero-order chi connectivity index (χ0) is 19.8. The van der Waals surface area contributed by atoms with Gasteiger partial charge in [0.15, 0.2) is 0 Å². The Hall–Kier alpha value is -2.43. The lowest BCUT2D eigenvalue weighted by Gasteiger charge is -2.13. The maximum absolute atomic E-state index is 12.6. The summed E-state index contributed by atoms with van der Waals surface area (Å²) in [6.45, 7) is 0.908. The molecule has 9 nitrogen and oxygen atoms in total. The molecule has 144 valence electrons. The second-order valence-electron chi connectivity index (χ2n) is 6.04. The summed E-state index contributed by atoms with van der Waals surface area (Å²) in [5.74, 6) is -0.881. The fourth-order valence-electron chi connectivity index (χ4n) is 2.79. The quantitative estimate of drug-likeness (QED) is 0.322. The number of carbonyl (C=O) groups is 1. The van der Waals surface area contributed by atoms with Gasteiger partial charge in [0.1, 0.15) is 16.3 Å². The Morgan fingerprint density at radius 2 is 1.93 bits per heavy atom. The van der Waals surface area contributed by atoms with Crippen molar-refractivity contribution in [3.8, 4) is 5.75 Å². The molecule has 1 aromatic carbocycles. The van der Waals surface area contributed by atoms with E-state index in [4.69, 9.17) is 16.3 Å². The Bertz CT molecular complexity index is 1010. The normalized spacial score (nSPS) is 15.0. The second kappa shape index (κ2) is 7.29. The van der Waals surface area contributed by atoms with Gasteiger partial charge in [0.05, 0.1) is 9.95 Å². The number of benzene rings is 1. The van der Waals surface area contributed by atoms with Gasteiger partial charge in [-0.05, 0) is 25.0 Å². The van der Waals surface area contributed by atoms with Crippen molar-refractivity contribution in [1.29, 1.82) is 0 Å². The Morgan fingerprint density at radius 3 is 2.52 bits per heavy atom. The molecular weight excluding hydrogens is 398 g/mol. The topological polar surface area (TPSA) is 112 Å². The molecule has 1 aromatic heterocycles. The number of halogens is 1. The highest BCUT2D eigenvalue weighted by atomic mass is 35.5. The molecule has 0 saturated carbocycles. The molecule has 0 atom stereocenters. The third-order valence-corrected chi connectivity index (χ3v) is 6.38. The van der Waals surface area contributed by atoms with E-state index in [0.29, 0.717) is 13.1 Å². The minimum absolute atomic E-state index is 0.00801. The molecule has 2 heterocycles. The number of nitro groups is 1. The van der Waals surface area contributed by atoms with Crippen molar-refractivity contribution in [2.75, 3.05) is 13.1 Å². The number of aromatic nitrogens is 1. The van der Waals surface area contributed by atoms with E-state index in [9.17, 15) is 23.3 Å². The molecule has 0 aliphatic carbocycles. The zero-order valence-electron chi connectivity index (χ0n) is 14.3. The van der Waals surface area contributed by atoms with Crippen LogP contribution in [-0.2, 0) is 17.1 Å². The maximum Gasteiger partial charge on any atom is 0.360 e. The van der Waals surface area contributed by atoms with Crippen molar-refractivity contribution in [3.05, 3.63) is 51.3 Å². The van der Waals surface area contributed by atoms with Crippen LogP contribution in [0.25, 0.3) is 0 Å². The zero-order valence-corrected chi connectivity index (χ0v) is 15.9. The fourth-order valence-corrected chi connectivity index (χ4v) is 4.60. The third kappa shape index (κ3) is 3.82. The molecule has 0 radical (unpaired) electrons. The number of aryl methyl sites for hydroxylation is 1. The van der Waals surface area contributed by atoms with Gasteiger partial charge >= 0.3 is 5.97 Å². The van der Waals surface area contributed by atoms with E-state index in [2.05, 4.69) is 0 Å². The van der Waals surface area contributed by atoms with E-state index in [1.54, 1.807) is 0 Å². The first kappa shape index (κ1) is 19.3. The number of esters is 1. The van der Waals surface area contributed by atoms with Gasteiger partial charge in [-0.3, -0.25) is 10.1 Å². The predicted molar refractivity (Wildman–Crippen MR) is 96.5 cm³/mol. The monoisotopic (exact) mass is 413 g/mol. The van der Waals surface area contributed by atoms with E-state index >= 15 is 0 Å². The minimum Gasteiger partial charge on any atom is -0.420 e. The number of sulfonamides is 1. The largest absolute Gasteiger partial charge is 0.420 e. The summed E-state index contributed by atoms with van der Waals surface area (Å²) in [5.41, 5.74) is -0.222. The fraction of sp³-hybridized carbons (Fsp3) is 0.312. The molecule has 0 N–H and O–H groups in total. The van der Waals surface area contributed by atoms with Gasteiger partial charge in [0, 0.05) is 38.5 Å². The molecule has 3 rings (SSSR count). The van der Waals surface area contributed by atoms with Crippen molar-refractivity contribution in [2.45, 2.75) is 17.7 Å². The van der Waals surface area contributed by atoms with Crippen LogP contribution in [0, 0.1) is 10.1 Å². The molecule has 1 saturated heterocycles. The summed E-state index contributed by atoms with van der Waals surface area (Å²) < 4.78 is 33.1. The van der Waals surface area contributed by atoms with E-state index < -0.39 is 20.9 Å². The number of ether oxygens (including phenoxy) is 1. The van der Waals surface area contributed by atoms with Crippen molar-refractivity contribution in [1.82, 2.24) is 8.87 Å². The Labute approximate surface area is 160 Å². The number of nitro benzene ring substituents is 1. The first-order valence-corrected chi connectivity index (χ1v) is 9.84. The summed E-state index contributed by atoms with van der Waals surface area (Å²) >= 11 is 5.92. The van der Waals surface area contributed by atoms with Crippen molar-refractivity contribution in [3.63, 3.8) is 0 Å². The first-order valence-electron chi connectivity index (χ1n) is 8.03. The smallest absolute Gasteiger partial charge is 0.360 e. The highest BCUT2D eigenvalue weighted by molar-refractivity contribution is 7.89. The molecule has 11 heteroatoms. The van der Waals surface area contributed by atoms with Crippen LogP contribution in [-0.4, -0.2) is 41.3 Å². The lowest BCUT2D eigenvalue weighted by Crippen LogP contribution is -2.27. The molecule has 1 aliphatic rings. The predicted octanol–water partition coefficient (Wildman–Crippen LogP) is 2.59. The molecule has 0 bridgehead atoms. The van der Waals surface area contributed by atoms with Gasteiger partial charge in [0.2, 0.25) is 10.0 Å². The first-order chi connectivity index (χ1) is 12.7. The van der Waals surface area contributed by atoms with Gasteiger partial charge < -0.3 is 9.30 Å². The van der Waals surface area contributed by atoms with Crippen LogP contribution < -0.4 is 4.74 Å². The van der Waals surface area contributed by atoms with E-state index in [1.165, 1.54) is 34.2 Å². The van der Waals surface area contributed by atoms with E-state index in [0.717, 1.165) is 25.0 Å². The standard InChI is InChI=1S/C16H16ClN3O6S/c1-18-10-12(27(24,25)19-6-2-3-7-19)9-14(18)16(21)26-15-5-4-11(20(22)23)8-13(15)17/h4-5,8-10H,2-3,6-7H2,1H3. The Balaban J connectivity index is 1.84. The summed E-state index contributed by atoms with van der Waals surface area (Å²) in [5, 5.41) is 10.6. The molecular formula is C16H16ClN3O6S. The molecule has 1 fully saturated rings. The van der Waals surface area contributed by atoms with Crippen LogP contribution in [0.2, 0.25) is 5.02 Å². The lowest BCUT2D eigenvalue weighted by atomic mass is 10.3. The Kier molecular flexibility index (Phi) is 5.22. The molecule has 1 aliphatic heterocycles. The minimum atomic E-state index is -3.67. The molecule has 0 unspecified atom stereocenters. The van der Waals surface area contributed by atoms with Gasteiger partial charge in [-0.2, -0.15) is 4.31 Å². The van der Waals surface area contributed by atoms with Gasteiger partial charge in [-0.1, -0.05) is 11.6 Å². The van der Waals surface area contributed by atoms with Crippen LogP contribution in [0.15, 0.2) is 35.4 Å². The highest BCUT2D eigenvalue weighted by Gasteiger charge is 2.30. The summed E-state index contributed by atoms with van der Waals surface area (Å²) in [6, 6.07) is 4.68. The summed E-state index contributed by atoms with van der Waals surface area (Å²) in [7, 11) is -2.14. The number of hydrogen-bond acceptors (Lipinski definition) is 6. The number of carbonyl (C=O) groups excluding carboxylic acids is 1. The summed E-state index contributed by atoms with van der Waals surface area (Å²) in [6.07, 6.45) is 2.96. The van der Waals surface area contributed by atoms with Crippen molar-refractivity contribution >= 4 is 33.3 Å². The van der Waals surface area contributed by atoms with Gasteiger partial charge in [-0.15, -0.1) is 0 Å². The van der Waals surface area contributed by atoms with E-state index in [1.807, 2.05) is 0 Å². The van der Waals surface area contributed by atoms with Crippen LogP contribution >= 0.6 is 11.6 Å². The average molecular weight is 414 g/mol. The second-order valence-corrected chi connectivity index (χ2v) is 8.39. The number of hydrogen-bond donors (Lipinski definition) is 0. The van der Waals surface area contributed by atoms with Crippen LogP contribution in [0.4, 0.5) is 5.69 Å². The summed E-state index contributed by atoms with van der Waals surface area (Å²) in [4.78, 5) is 22.5. The molecule has 0 spiro atoms. The molecule has 0 amide bonds. The lowest BCUT2D eigenvalue weighted by molar-refractivity contribution is -0.384. The van der Waals surface area contributed by atoms with E-state index in [-0.39, 0.29) is 27.0 Å². The van der Waals surface area contributed by atoms with Crippen LogP contribution in [0.1, 0.15) is 23.3 Å². The van der Waals surface area contributed by atoms with Gasteiger partial charge in [-0.25, -0.2) is 13.2 Å².